The molecule has 0 unspecified atom stereocenters. The van der Waals surface area contributed by atoms with E-state index >= 15 is 0 Å². The van der Waals surface area contributed by atoms with E-state index in [1.54, 1.807) is 0 Å². The van der Waals surface area contributed by atoms with Gasteiger partial charge < -0.3 is 4.74 Å². The van der Waals surface area contributed by atoms with Gasteiger partial charge in [-0.15, -0.1) is 6.58 Å². The Bertz CT molecular complexity index is 94.9. The average molecular weight is 142 g/mol. The van der Waals surface area contributed by atoms with Gasteiger partial charge in [0.25, 0.3) is 0 Å². The monoisotopic (exact) mass is 142 g/mol. The summed E-state index contributed by atoms with van der Waals surface area (Å²) in [5.74, 6) is 0. The Morgan fingerprint density at radius 1 is 1.50 bits per heavy atom. The fourth-order valence-electron chi connectivity index (χ4n) is 0.785. The lowest BCUT2D eigenvalue weighted by Crippen LogP contribution is -2.23. The summed E-state index contributed by atoms with van der Waals surface area (Å²) >= 11 is 0. The molecule has 0 bridgehead atoms. The van der Waals surface area contributed by atoms with Crippen molar-refractivity contribution in [2.75, 3.05) is 6.61 Å². The molecule has 1 nitrogen and oxygen atoms in total. The van der Waals surface area contributed by atoms with Crippen LogP contribution in [0.1, 0.15) is 33.6 Å². The van der Waals surface area contributed by atoms with Crippen molar-refractivity contribution < 1.29 is 4.74 Å². The largest absolute Gasteiger partial charge is 0.375 e. The lowest BCUT2D eigenvalue weighted by Gasteiger charge is -2.23. The van der Waals surface area contributed by atoms with Crippen molar-refractivity contribution in [2.45, 2.75) is 39.2 Å². The molecule has 0 spiro atoms. The second-order valence-electron chi connectivity index (χ2n) is 3.10. The molecule has 0 fully saturated rings. The molecule has 0 saturated carbocycles. The van der Waals surface area contributed by atoms with E-state index in [1.165, 1.54) is 0 Å². The van der Waals surface area contributed by atoms with Crippen molar-refractivity contribution in [2.24, 2.45) is 0 Å². The molecule has 0 aliphatic rings. The average Bonchev–Trinajstić information content (AvgIpc) is 1.84. The quantitative estimate of drug-likeness (QED) is 0.536. The normalized spacial score (nSPS) is 11.5. The van der Waals surface area contributed by atoms with Gasteiger partial charge in [0.05, 0.1) is 5.60 Å². The van der Waals surface area contributed by atoms with Gasteiger partial charge in [-0.25, -0.2) is 0 Å². The lowest BCUT2D eigenvalue weighted by molar-refractivity contribution is -0.0145. The predicted molar refractivity (Wildman–Crippen MR) is 45.1 cm³/mol. The molecule has 0 rings (SSSR count). The molecule has 0 aromatic carbocycles. The van der Waals surface area contributed by atoms with Crippen LogP contribution in [-0.2, 0) is 4.74 Å². The van der Waals surface area contributed by atoms with Crippen LogP contribution in [0.5, 0.6) is 0 Å². The van der Waals surface area contributed by atoms with E-state index in [0.717, 1.165) is 19.4 Å². The molecular weight excluding hydrogens is 124 g/mol. The lowest BCUT2D eigenvalue weighted by atomic mass is 10.1. The summed E-state index contributed by atoms with van der Waals surface area (Å²) in [4.78, 5) is 0. The number of ether oxygens (including phenoxy) is 1. The Balaban J connectivity index is 3.51. The zero-order chi connectivity index (χ0) is 8.04. The zero-order valence-corrected chi connectivity index (χ0v) is 7.31. The summed E-state index contributed by atoms with van der Waals surface area (Å²) in [6.45, 7) is 10.8. The molecule has 0 N–H and O–H groups in total. The summed E-state index contributed by atoms with van der Waals surface area (Å²) in [7, 11) is 0. The van der Waals surface area contributed by atoms with E-state index in [2.05, 4.69) is 27.4 Å². The smallest absolute Gasteiger partial charge is 0.0660 e. The Morgan fingerprint density at radius 3 is 2.50 bits per heavy atom. The van der Waals surface area contributed by atoms with Gasteiger partial charge in [-0.1, -0.05) is 13.0 Å². The summed E-state index contributed by atoms with van der Waals surface area (Å²) in [6.07, 6.45) is 3.91. The van der Waals surface area contributed by atoms with Crippen LogP contribution in [0, 0.1) is 0 Å². The minimum atomic E-state index is -0.0161. The second-order valence-corrected chi connectivity index (χ2v) is 3.10. The summed E-state index contributed by atoms with van der Waals surface area (Å²) in [5, 5.41) is 0. The van der Waals surface area contributed by atoms with Crippen LogP contribution < -0.4 is 0 Å². The molecule has 1 heteroatoms. The van der Waals surface area contributed by atoms with E-state index < -0.39 is 0 Å². The summed E-state index contributed by atoms with van der Waals surface area (Å²) < 4.78 is 5.55. The predicted octanol–water partition coefficient (Wildman–Crippen LogP) is 2.77. The van der Waals surface area contributed by atoms with Crippen molar-refractivity contribution in [3.8, 4) is 0 Å². The Hall–Kier alpha value is -0.300. The maximum absolute atomic E-state index is 5.55. The first-order valence-corrected chi connectivity index (χ1v) is 3.87. The third kappa shape index (κ3) is 4.57. The van der Waals surface area contributed by atoms with Crippen molar-refractivity contribution in [1.29, 1.82) is 0 Å². The molecule has 0 radical (unpaired) electrons. The molecule has 0 aromatic heterocycles. The molecular formula is C9H18O. The van der Waals surface area contributed by atoms with Gasteiger partial charge in [-0.3, -0.25) is 0 Å². The standard InChI is InChI=1S/C9H18O/c1-5-7-9(3,4)10-8-6-2/h5H,1,6-8H2,2-4H3. The Morgan fingerprint density at radius 2 is 2.10 bits per heavy atom. The van der Waals surface area contributed by atoms with Crippen LogP contribution >= 0.6 is 0 Å². The van der Waals surface area contributed by atoms with E-state index in [1.807, 2.05) is 6.08 Å². The highest BCUT2D eigenvalue weighted by Crippen LogP contribution is 2.14. The van der Waals surface area contributed by atoms with Gasteiger partial charge in [-0.2, -0.15) is 0 Å². The van der Waals surface area contributed by atoms with E-state index in [9.17, 15) is 0 Å². The van der Waals surface area contributed by atoms with Gasteiger partial charge in [-0.05, 0) is 26.7 Å². The molecule has 0 heterocycles. The zero-order valence-electron chi connectivity index (χ0n) is 7.31. The maximum atomic E-state index is 5.55. The second kappa shape index (κ2) is 4.51. The first kappa shape index (κ1) is 9.70. The molecule has 0 aliphatic heterocycles. The molecule has 0 amide bonds. The fourth-order valence-corrected chi connectivity index (χ4v) is 0.785. The SMILES string of the molecule is C=CCC(C)(C)OCCC. The van der Waals surface area contributed by atoms with Crippen LogP contribution in [-0.4, -0.2) is 12.2 Å². The molecule has 0 aliphatic carbocycles. The minimum absolute atomic E-state index is 0.0161. The van der Waals surface area contributed by atoms with Crippen LogP contribution in [0.4, 0.5) is 0 Å². The summed E-state index contributed by atoms with van der Waals surface area (Å²) in [6, 6.07) is 0. The van der Waals surface area contributed by atoms with Gasteiger partial charge >= 0.3 is 0 Å². The fraction of sp³-hybridized carbons (Fsp3) is 0.778. The van der Waals surface area contributed by atoms with Crippen LogP contribution in [0.15, 0.2) is 12.7 Å². The maximum Gasteiger partial charge on any atom is 0.0660 e. The Kier molecular flexibility index (Phi) is 4.37. The van der Waals surface area contributed by atoms with Gasteiger partial charge in [0, 0.05) is 6.61 Å². The van der Waals surface area contributed by atoms with Crippen LogP contribution in [0.25, 0.3) is 0 Å². The highest BCUT2D eigenvalue weighted by atomic mass is 16.5. The van der Waals surface area contributed by atoms with E-state index in [4.69, 9.17) is 4.74 Å². The van der Waals surface area contributed by atoms with E-state index in [0.29, 0.717) is 0 Å². The van der Waals surface area contributed by atoms with Gasteiger partial charge in [0.2, 0.25) is 0 Å². The van der Waals surface area contributed by atoms with E-state index in [-0.39, 0.29) is 5.60 Å². The van der Waals surface area contributed by atoms with Crippen LogP contribution in [0.3, 0.4) is 0 Å². The molecule has 0 aromatic rings. The van der Waals surface area contributed by atoms with Gasteiger partial charge in [0.1, 0.15) is 0 Å². The molecule has 0 atom stereocenters. The molecule has 60 valence electrons. The minimum Gasteiger partial charge on any atom is -0.375 e. The van der Waals surface area contributed by atoms with Gasteiger partial charge in [0.15, 0.2) is 0 Å². The van der Waals surface area contributed by atoms with Crippen molar-refractivity contribution in [3.05, 3.63) is 12.7 Å². The number of rotatable bonds is 5. The molecule has 0 saturated heterocycles. The first-order chi connectivity index (χ1) is 4.62. The van der Waals surface area contributed by atoms with Crippen molar-refractivity contribution in [3.63, 3.8) is 0 Å². The first-order valence-electron chi connectivity index (χ1n) is 3.87. The number of hydrogen-bond donors (Lipinski definition) is 0. The van der Waals surface area contributed by atoms with Crippen LogP contribution in [0.2, 0.25) is 0 Å². The third-order valence-electron chi connectivity index (χ3n) is 1.33. The van der Waals surface area contributed by atoms with Crippen molar-refractivity contribution in [1.82, 2.24) is 0 Å². The summed E-state index contributed by atoms with van der Waals surface area (Å²) in [5.41, 5.74) is -0.0161. The topological polar surface area (TPSA) is 9.23 Å². The number of hydrogen-bond acceptors (Lipinski definition) is 1. The highest BCUT2D eigenvalue weighted by Gasteiger charge is 2.14. The molecule has 10 heavy (non-hydrogen) atoms. The highest BCUT2D eigenvalue weighted by molar-refractivity contribution is 4.80. The Labute approximate surface area is 64.1 Å². The third-order valence-corrected chi connectivity index (χ3v) is 1.33. The van der Waals surface area contributed by atoms with Crippen molar-refractivity contribution >= 4 is 0 Å².